The molecule has 0 aromatic carbocycles. The molecule has 2 fully saturated rings. The first-order chi connectivity index (χ1) is 6.42. The quantitative estimate of drug-likeness (QED) is 0.652. The van der Waals surface area contributed by atoms with Gasteiger partial charge in [0.05, 0.1) is 18.1 Å². The lowest BCUT2D eigenvalue weighted by Gasteiger charge is -2.21. The summed E-state index contributed by atoms with van der Waals surface area (Å²) in [6, 6.07) is 2.46. The summed E-state index contributed by atoms with van der Waals surface area (Å²) in [4.78, 5) is 0. The second-order valence-electron chi connectivity index (χ2n) is 4.25. The van der Waals surface area contributed by atoms with Crippen molar-refractivity contribution in [1.29, 1.82) is 5.26 Å². The highest BCUT2D eigenvalue weighted by molar-refractivity contribution is 4.96. The molecule has 1 aliphatic heterocycles. The van der Waals surface area contributed by atoms with E-state index in [1.165, 1.54) is 25.7 Å². The fourth-order valence-corrected chi connectivity index (χ4v) is 2.69. The maximum atomic E-state index is 9.12. The van der Waals surface area contributed by atoms with Gasteiger partial charge in [0, 0.05) is 6.61 Å². The Bertz CT molecular complexity index is 181. The minimum atomic E-state index is 0.185. The van der Waals surface area contributed by atoms with Crippen molar-refractivity contribution in [3.05, 3.63) is 0 Å². The summed E-state index contributed by atoms with van der Waals surface area (Å²) in [6.07, 6.45) is 7.64. The van der Waals surface area contributed by atoms with Crippen molar-refractivity contribution in [3.8, 4) is 6.07 Å². The van der Waals surface area contributed by atoms with Gasteiger partial charge in [-0.3, -0.25) is 0 Å². The van der Waals surface area contributed by atoms with Crippen molar-refractivity contribution in [3.63, 3.8) is 0 Å². The van der Waals surface area contributed by atoms with Gasteiger partial charge in [0.15, 0.2) is 0 Å². The van der Waals surface area contributed by atoms with Crippen molar-refractivity contribution in [2.75, 3.05) is 6.61 Å². The highest BCUT2D eigenvalue weighted by Gasteiger charge is 2.33. The lowest BCUT2D eigenvalue weighted by molar-refractivity contribution is 0.0615. The van der Waals surface area contributed by atoms with E-state index in [-0.39, 0.29) is 12.0 Å². The fourth-order valence-electron chi connectivity index (χ4n) is 2.69. The summed E-state index contributed by atoms with van der Waals surface area (Å²) >= 11 is 0. The Hall–Kier alpha value is -0.550. The summed E-state index contributed by atoms with van der Waals surface area (Å²) in [5.74, 6) is 0.818. The zero-order valence-corrected chi connectivity index (χ0v) is 8.04. The molecule has 2 unspecified atom stereocenters. The zero-order chi connectivity index (χ0) is 9.10. The second kappa shape index (κ2) is 4.11. The summed E-state index contributed by atoms with van der Waals surface area (Å²) in [5.41, 5.74) is 0. The summed E-state index contributed by atoms with van der Waals surface area (Å²) in [7, 11) is 0. The van der Waals surface area contributed by atoms with E-state index < -0.39 is 0 Å². The minimum Gasteiger partial charge on any atom is -0.377 e. The number of nitrogens with zero attached hydrogens (tertiary/aromatic N) is 1. The maximum absolute atomic E-state index is 9.12. The van der Waals surface area contributed by atoms with Crippen LogP contribution >= 0.6 is 0 Å². The topological polar surface area (TPSA) is 33.0 Å². The molecule has 13 heavy (non-hydrogen) atoms. The molecule has 72 valence electrons. The number of nitriles is 1. The molecule has 1 saturated carbocycles. The average Bonchev–Trinajstić information content (AvgIpc) is 2.76. The van der Waals surface area contributed by atoms with Crippen molar-refractivity contribution in [2.24, 2.45) is 11.8 Å². The second-order valence-corrected chi connectivity index (χ2v) is 4.25. The van der Waals surface area contributed by atoms with Gasteiger partial charge in [-0.15, -0.1) is 0 Å². The van der Waals surface area contributed by atoms with Crippen LogP contribution in [0.4, 0.5) is 0 Å². The van der Waals surface area contributed by atoms with Gasteiger partial charge in [-0.05, 0) is 31.6 Å². The van der Waals surface area contributed by atoms with E-state index in [0.717, 1.165) is 19.4 Å². The van der Waals surface area contributed by atoms with E-state index in [9.17, 15) is 0 Å². The van der Waals surface area contributed by atoms with Crippen LogP contribution in [0.15, 0.2) is 0 Å². The van der Waals surface area contributed by atoms with Crippen LogP contribution in [0, 0.1) is 23.2 Å². The highest BCUT2D eigenvalue weighted by atomic mass is 16.5. The maximum Gasteiger partial charge on any atom is 0.0753 e. The molecular weight excluding hydrogens is 162 g/mol. The SMILES string of the molecule is N#CC(C1CCCC1)C1CCCO1. The smallest absolute Gasteiger partial charge is 0.0753 e. The summed E-state index contributed by atoms with van der Waals surface area (Å²) in [5, 5.41) is 9.12. The first-order valence-electron chi connectivity index (χ1n) is 5.43. The molecule has 2 atom stereocenters. The van der Waals surface area contributed by atoms with Crippen LogP contribution in [-0.4, -0.2) is 12.7 Å². The molecule has 1 aliphatic carbocycles. The molecular formula is C11H17NO. The lowest BCUT2D eigenvalue weighted by Crippen LogP contribution is -2.24. The van der Waals surface area contributed by atoms with Gasteiger partial charge < -0.3 is 4.74 Å². The molecule has 2 aliphatic rings. The number of hydrogen-bond acceptors (Lipinski definition) is 2. The van der Waals surface area contributed by atoms with Crippen LogP contribution in [0.3, 0.4) is 0 Å². The molecule has 2 rings (SSSR count). The standard InChI is InChI=1S/C11H17NO/c12-8-10(9-4-1-2-5-9)11-6-3-7-13-11/h9-11H,1-7H2. The van der Waals surface area contributed by atoms with Gasteiger partial charge in [-0.2, -0.15) is 5.26 Å². The average molecular weight is 179 g/mol. The van der Waals surface area contributed by atoms with E-state index >= 15 is 0 Å². The van der Waals surface area contributed by atoms with Crippen molar-refractivity contribution in [1.82, 2.24) is 0 Å². The Balaban J connectivity index is 1.95. The zero-order valence-electron chi connectivity index (χ0n) is 8.04. The van der Waals surface area contributed by atoms with E-state index in [1.807, 2.05) is 0 Å². The third-order valence-electron chi connectivity index (χ3n) is 3.42. The largest absolute Gasteiger partial charge is 0.377 e. The molecule has 0 aromatic heterocycles. The predicted molar refractivity (Wildman–Crippen MR) is 50.0 cm³/mol. The van der Waals surface area contributed by atoms with Crippen molar-refractivity contribution < 1.29 is 4.74 Å². The van der Waals surface area contributed by atoms with Crippen LogP contribution in [0.2, 0.25) is 0 Å². The van der Waals surface area contributed by atoms with Crippen LogP contribution < -0.4 is 0 Å². The Morgan fingerprint density at radius 1 is 1.15 bits per heavy atom. The van der Waals surface area contributed by atoms with Crippen molar-refractivity contribution in [2.45, 2.75) is 44.6 Å². The number of ether oxygens (including phenoxy) is 1. The van der Waals surface area contributed by atoms with E-state index in [1.54, 1.807) is 0 Å². The normalized spacial score (nSPS) is 31.8. The first-order valence-corrected chi connectivity index (χ1v) is 5.43. The van der Waals surface area contributed by atoms with Gasteiger partial charge >= 0.3 is 0 Å². The molecule has 0 radical (unpaired) electrons. The molecule has 2 nitrogen and oxygen atoms in total. The summed E-state index contributed by atoms with van der Waals surface area (Å²) < 4.78 is 5.60. The molecule has 0 aromatic rings. The van der Waals surface area contributed by atoms with Crippen LogP contribution in [0.5, 0.6) is 0 Å². The Labute approximate surface area is 79.9 Å². The monoisotopic (exact) mass is 179 g/mol. The third-order valence-corrected chi connectivity index (χ3v) is 3.42. The molecule has 0 amide bonds. The molecule has 1 heterocycles. The Morgan fingerprint density at radius 3 is 2.46 bits per heavy atom. The first kappa shape index (κ1) is 9.02. The van der Waals surface area contributed by atoms with Crippen LogP contribution in [-0.2, 0) is 4.74 Å². The molecule has 1 saturated heterocycles. The minimum absolute atomic E-state index is 0.185. The van der Waals surface area contributed by atoms with Gasteiger partial charge in [0.2, 0.25) is 0 Å². The van der Waals surface area contributed by atoms with Gasteiger partial charge in [-0.1, -0.05) is 12.8 Å². The molecule has 0 bridgehead atoms. The van der Waals surface area contributed by atoms with Crippen LogP contribution in [0.1, 0.15) is 38.5 Å². The molecule has 0 N–H and O–H groups in total. The van der Waals surface area contributed by atoms with Gasteiger partial charge in [0.1, 0.15) is 0 Å². The lowest BCUT2D eigenvalue weighted by atomic mass is 9.86. The van der Waals surface area contributed by atoms with Gasteiger partial charge in [0.25, 0.3) is 0 Å². The molecule has 2 heteroatoms. The third kappa shape index (κ3) is 1.86. The fraction of sp³-hybridized carbons (Fsp3) is 0.909. The van der Waals surface area contributed by atoms with E-state index in [0.29, 0.717) is 5.92 Å². The van der Waals surface area contributed by atoms with Crippen molar-refractivity contribution >= 4 is 0 Å². The van der Waals surface area contributed by atoms with E-state index in [2.05, 4.69) is 6.07 Å². The summed E-state index contributed by atoms with van der Waals surface area (Å²) in [6.45, 7) is 0.871. The Kier molecular flexibility index (Phi) is 2.85. The number of rotatable bonds is 2. The number of hydrogen-bond donors (Lipinski definition) is 0. The predicted octanol–water partition coefficient (Wildman–Crippen LogP) is 2.50. The highest BCUT2D eigenvalue weighted by Crippen LogP contribution is 2.36. The Morgan fingerprint density at radius 2 is 1.92 bits per heavy atom. The van der Waals surface area contributed by atoms with Gasteiger partial charge in [-0.25, -0.2) is 0 Å². The van der Waals surface area contributed by atoms with E-state index in [4.69, 9.17) is 10.00 Å². The molecule has 0 spiro atoms. The van der Waals surface area contributed by atoms with Crippen LogP contribution in [0.25, 0.3) is 0 Å².